The zero-order chi connectivity index (χ0) is 30.8. The standard InChI is InChI=1S/C32H32N6O6/c39-27(21-9-5-19(6-10-21)23-17-33-29(35-23)25-3-1-15-37(25)31(41)42)13-14-28(40)22-11-7-20(8-12-22)24-18-34-30(36-24)26-4-2-16-38(26)32(43)44/h5-12,17-18,25-26H,1-4,13-16H2,(H,33,35)(H,34,36)(H,41,42)(H,43,44)/t25-,26-/m0/s1. The molecule has 2 aliphatic heterocycles. The van der Waals surface area contributed by atoms with Gasteiger partial charge in [-0.3, -0.25) is 19.4 Å². The highest BCUT2D eigenvalue weighted by molar-refractivity contribution is 6.02. The number of carboxylic acid groups (broad SMARTS) is 2. The van der Waals surface area contributed by atoms with Crippen LogP contribution in [0.5, 0.6) is 0 Å². The summed E-state index contributed by atoms with van der Waals surface area (Å²) in [5.41, 5.74) is 4.13. The van der Waals surface area contributed by atoms with Gasteiger partial charge < -0.3 is 20.2 Å². The third kappa shape index (κ3) is 5.83. The minimum absolute atomic E-state index is 0.0756. The van der Waals surface area contributed by atoms with Crippen LogP contribution in [-0.4, -0.2) is 76.8 Å². The topological polar surface area (TPSA) is 173 Å². The van der Waals surface area contributed by atoms with Gasteiger partial charge in [-0.1, -0.05) is 48.5 Å². The molecule has 2 fully saturated rings. The van der Waals surface area contributed by atoms with Crippen LogP contribution in [0.25, 0.3) is 22.5 Å². The molecule has 0 saturated carbocycles. The van der Waals surface area contributed by atoms with E-state index in [-0.39, 0.29) is 36.5 Å². The Balaban J connectivity index is 1.03. The maximum absolute atomic E-state index is 12.8. The van der Waals surface area contributed by atoms with Crippen LogP contribution < -0.4 is 0 Å². The van der Waals surface area contributed by atoms with E-state index in [1.165, 1.54) is 9.80 Å². The second kappa shape index (κ2) is 12.2. The lowest BCUT2D eigenvalue weighted by molar-refractivity contribution is 0.0917. The molecule has 0 unspecified atom stereocenters. The minimum Gasteiger partial charge on any atom is -0.465 e. The van der Waals surface area contributed by atoms with Crippen LogP contribution in [0.1, 0.15) is 83.0 Å². The largest absolute Gasteiger partial charge is 0.465 e. The fraction of sp³-hybridized carbons (Fsp3) is 0.312. The number of likely N-dealkylation sites (tertiary alicyclic amines) is 2. The van der Waals surface area contributed by atoms with Gasteiger partial charge in [-0.2, -0.15) is 0 Å². The summed E-state index contributed by atoms with van der Waals surface area (Å²) in [6.07, 6.45) is 4.60. The van der Waals surface area contributed by atoms with Gasteiger partial charge in [-0.05, 0) is 36.8 Å². The molecule has 0 radical (unpaired) electrons. The molecule has 4 N–H and O–H groups in total. The molecule has 4 heterocycles. The van der Waals surface area contributed by atoms with Gasteiger partial charge >= 0.3 is 12.2 Å². The highest BCUT2D eigenvalue weighted by Gasteiger charge is 2.33. The first kappa shape index (κ1) is 28.8. The lowest BCUT2D eigenvalue weighted by Gasteiger charge is -2.19. The highest BCUT2D eigenvalue weighted by Crippen LogP contribution is 2.33. The van der Waals surface area contributed by atoms with Gasteiger partial charge in [0.2, 0.25) is 0 Å². The van der Waals surface area contributed by atoms with Crippen LogP contribution in [-0.2, 0) is 0 Å². The van der Waals surface area contributed by atoms with Crippen LogP contribution in [0.2, 0.25) is 0 Å². The Bertz CT molecular complexity index is 1570. The number of aromatic amines is 2. The van der Waals surface area contributed by atoms with Crippen molar-refractivity contribution in [2.45, 2.75) is 50.6 Å². The number of H-pyrrole nitrogens is 2. The Labute approximate surface area is 252 Å². The van der Waals surface area contributed by atoms with Gasteiger partial charge in [0.1, 0.15) is 11.6 Å². The molecule has 2 aromatic heterocycles. The second-order valence-electron chi connectivity index (χ2n) is 11.1. The van der Waals surface area contributed by atoms with Gasteiger partial charge in [-0.15, -0.1) is 0 Å². The zero-order valence-electron chi connectivity index (χ0n) is 23.9. The van der Waals surface area contributed by atoms with E-state index in [1.807, 2.05) is 24.3 Å². The third-order valence-electron chi connectivity index (χ3n) is 8.43. The molecule has 2 atom stereocenters. The van der Waals surface area contributed by atoms with Crippen molar-refractivity contribution in [3.63, 3.8) is 0 Å². The first-order valence-electron chi connectivity index (χ1n) is 14.6. The van der Waals surface area contributed by atoms with E-state index in [1.54, 1.807) is 36.7 Å². The summed E-state index contributed by atoms with van der Waals surface area (Å²) >= 11 is 0. The number of carbonyl (C=O) groups excluding carboxylic acids is 2. The summed E-state index contributed by atoms with van der Waals surface area (Å²) in [7, 11) is 0. The summed E-state index contributed by atoms with van der Waals surface area (Å²) < 4.78 is 0. The number of nitrogens with zero attached hydrogens (tertiary/aromatic N) is 4. The number of rotatable bonds is 9. The van der Waals surface area contributed by atoms with Crippen LogP contribution in [0.3, 0.4) is 0 Å². The SMILES string of the molecule is O=C(CCC(=O)c1ccc(-c2cnc([C@@H]3CCCN3C(=O)O)[nH]2)cc1)c1ccc(-c2cnc([C@@H]3CCCN3C(=O)O)[nH]2)cc1. The second-order valence-corrected chi connectivity index (χ2v) is 11.1. The summed E-state index contributed by atoms with van der Waals surface area (Å²) in [5.74, 6) is 0.943. The quantitative estimate of drug-likeness (QED) is 0.172. The number of imidazole rings is 2. The lowest BCUT2D eigenvalue weighted by Crippen LogP contribution is -2.29. The smallest absolute Gasteiger partial charge is 0.407 e. The summed E-state index contributed by atoms with van der Waals surface area (Å²) in [4.78, 5) is 66.7. The van der Waals surface area contributed by atoms with Crippen molar-refractivity contribution in [2.24, 2.45) is 0 Å². The Morgan fingerprint density at radius 2 is 1.05 bits per heavy atom. The Kier molecular flexibility index (Phi) is 7.97. The van der Waals surface area contributed by atoms with Crippen molar-refractivity contribution in [3.8, 4) is 22.5 Å². The lowest BCUT2D eigenvalue weighted by atomic mass is 9.99. The number of Topliss-reactive ketones (excluding diaryl/α,β-unsaturated/α-hetero) is 2. The normalized spacial score (nSPS) is 18.1. The maximum atomic E-state index is 12.8. The van der Waals surface area contributed by atoms with Crippen LogP contribution in [0, 0.1) is 0 Å². The van der Waals surface area contributed by atoms with Crippen LogP contribution in [0.15, 0.2) is 60.9 Å². The molecule has 4 aromatic rings. The van der Waals surface area contributed by atoms with Crippen molar-refractivity contribution < 1.29 is 29.4 Å². The number of carbonyl (C=O) groups is 4. The number of hydrogen-bond acceptors (Lipinski definition) is 6. The van der Waals surface area contributed by atoms with Crippen LogP contribution >= 0.6 is 0 Å². The molecule has 12 heteroatoms. The van der Waals surface area contributed by atoms with E-state index in [0.717, 1.165) is 48.2 Å². The van der Waals surface area contributed by atoms with Crippen molar-refractivity contribution in [2.75, 3.05) is 13.1 Å². The van der Waals surface area contributed by atoms with E-state index in [4.69, 9.17) is 0 Å². The van der Waals surface area contributed by atoms with E-state index in [2.05, 4.69) is 19.9 Å². The van der Waals surface area contributed by atoms with E-state index in [0.29, 0.717) is 35.9 Å². The predicted molar refractivity (Wildman–Crippen MR) is 159 cm³/mol. The van der Waals surface area contributed by atoms with Gasteiger partial charge in [0, 0.05) is 37.1 Å². The number of benzene rings is 2. The van der Waals surface area contributed by atoms with Crippen molar-refractivity contribution in [1.82, 2.24) is 29.7 Å². The number of nitrogens with one attached hydrogen (secondary N) is 2. The average Bonchev–Trinajstić information content (AvgIpc) is 3.85. The van der Waals surface area contributed by atoms with Gasteiger partial charge in [-0.25, -0.2) is 19.6 Å². The van der Waals surface area contributed by atoms with E-state index in [9.17, 15) is 29.4 Å². The number of aromatic nitrogens is 4. The van der Waals surface area contributed by atoms with Crippen molar-refractivity contribution >= 4 is 23.8 Å². The minimum atomic E-state index is -0.955. The number of hydrogen-bond donors (Lipinski definition) is 4. The molecule has 226 valence electrons. The predicted octanol–water partition coefficient (Wildman–Crippen LogP) is 5.94. The van der Waals surface area contributed by atoms with Gasteiger partial charge in [0.05, 0.1) is 35.9 Å². The fourth-order valence-electron chi connectivity index (χ4n) is 6.05. The monoisotopic (exact) mass is 596 g/mol. The van der Waals surface area contributed by atoms with Crippen molar-refractivity contribution in [3.05, 3.63) is 83.7 Å². The first-order chi connectivity index (χ1) is 21.3. The molecule has 0 spiro atoms. The Morgan fingerprint density at radius 3 is 1.41 bits per heavy atom. The molecule has 0 bridgehead atoms. The van der Waals surface area contributed by atoms with Gasteiger partial charge in [0.15, 0.2) is 11.6 Å². The van der Waals surface area contributed by atoms with Crippen LogP contribution in [0.4, 0.5) is 9.59 Å². The van der Waals surface area contributed by atoms with E-state index >= 15 is 0 Å². The number of ketones is 2. The molecule has 0 aliphatic carbocycles. The molecule has 2 saturated heterocycles. The molecule has 2 aliphatic rings. The summed E-state index contributed by atoms with van der Waals surface area (Å²) in [5, 5.41) is 18.8. The summed E-state index contributed by atoms with van der Waals surface area (Å²) in [6.45, 7) is 0.979. The molecule has 2 aromatic carbocycles. The first-order valence-corrected chi connectivity index (χ1v) is 14.6. The van der Waals surface area contributed by atoms with Gasteiger partial charge in [0.25, 0.3) is 0 Å². The van der Waals surface area contributed by atoms with Crippen molar-refractivity contribution in [1.29, 1.82) is 0 Å². The Morgan fingerprint density at radius 1 is 0.659 bits per heavy atom. The number of amides is 2. The summed E-state index contributed by atoms with van der Waals surface area (Å²) in [6, 6.07) is 13.5. The molecular weight excluding hydrogens is 564 g/mol. The zero-order valence-corrected chi connectivity index (χ0v) is 23.9. The van der Waals surface area contributed by atoms with E-state index < -0.39 is 12.2 Å². The maximum Gasteiger partial charge on any atom is 0.407 e. The highest BCUT2D eigenvalue weighted by atomic mass is 16.4. The Hall–Kier alpha value is -5.26. The fourth-order valence-corrected chi connectivity index (χ4v) is 6.05. The molecule has 6 rings (SSSR count). The molecule has 2 amide bonds. The molecular formula is C32H32N6O6. The molecule has 44 heavy (non-hydrogen) atoms. The third-order valence-corrected chi connectivity index (χ3v) is 8.43. The molecule has 12 nitrogen and oxygen atoms in total. The average molecular weight is 597 g/mol.